The van der Waals surface area contributed by atoms with Crippen molar-refractivity contribution in [3.8, 4) is 22.9 Å². The summed E-state index contributed by atoms with van der Waals surface area (Å²) in [4.78, 5) is 26.0. The minimum absolute atomic E-state index is 0.158. The summed E-state index contributed by atoms with van der Waals surface area (Å²) in [7, 11) is -4.27. The summed E-state index contributed by atoms with van der Waals surface area (Å²) in [5, 5.41) is 13.1. The number of carboxylic acid groups (broad SMARTS) is 1. The van der Waals surface area contributed by atoms with E-state index in [1.165, 1.54) is 23.2 Å². The molecule has 232 valence electrons. The lowest BCUT2D eigenvalue weighted by molar-refractivity contribution is 0.132. The number of pyridine rings is 1. The number of benzene rings is 2. The highest BCUT2D eigenvalue weighted by atomic mass is 32.2. The molecule has 4 aromatic rings. The number of amides is 1. The van der Waals surface area contributed by atoms with Crippen LogP contribution in [0.1, 0.15) is 24.8 Å². The average molecular weight is 631 g/mol. The summed E-state index contributed by atoms with van der Waals surface area (Å²) in [5.74, 6) is -1.02. The number of sulfonamides is 1. The monoisotopic (exact) mass is 630 g/mol. The van der Waals surface area contributed by atoms with Crippen LogP contribution in [0.4, 0.5) is 29.6 Å². The number of alkyl halides is 2. The number of hydrogen-bond donors (Lipinski definition) is 3. The molecule has 1 fully saturated rings. The molecule has 1 aliphatic rings. The molecular weight excluding hydrogens is 601 g/mol. The second kappa shape index (κ2) is 12.9. The fourth-order valence-corrected chi connectivity index (χ4v) is 6.05. The van der Waals surface area contributed by atoms with E-state index < -0.39 is 40.5 Å². The number of rotatable bonds is 10. The number of nitrogens with one attached hydrogen (secondary N) is 2. The van der Waals surface area contributed by atoms with Crippen molar-refractivity contribution in [2.75, 3.05) is 28.9 Å². The number of carbonyl (C=O) groups is 1. The summed E-state index contributed by atoms with van der Waals surface area (Å²) in [6.07, 6.45) is -0.163. The molecule has 1 amide bonds. The van der Waals surface area contributed by atoms with Gasteiger partial charge in [-0.2, -0.15) is 0 Å². The predicted octanol–water partition coefficient (Wildman–Crippen LogP) is 5.88. The van der Waals surface area contributed by atoms with E-state index in [9.17, 15) is 31.5 Å². The van der Waals surface area contributed by atoms with Crippen molar-refractivity contribution in [2.24, 2.45) is 0 Å². The van der Waals surface area contributed by atoms with Gasteiger partial charge in [-0.3, -0.25) is 4.72 Å². The molecule has 5 rings (SSSR count). The molecule has 3 heterocycles. The molecule has 1 saturated heterocycles. The zero-order valence-electron chi connectivity index (χ0n) is 23.5. The normalized spacial score (nSPS) is 15.4. The zero-order valence-corrected chi connectivity index (χ0v) is 24.3. The average Bonchev–Trinajstić information content (AvgIpc) is 2.99. The fourth-order valence-electron chi connectivity index (χ4n) is 4.94. The molecule has 1 atom stereocenters. The second-order valence-electron chi connectivity index (χ2n) is 10.3. The lowest BCUT2D eigenvalue weighted by Gasteiger charge is -2.31. The molecule has 44 heavy (non-hydrogen) atoms. The molecule has 0 saturated carbocycles. The van der Waals surface area contributed by atoms with Gasteiger partial charge >= 0.3 is 6.09 Å². The maximum Gasteiger partial charge on any atom is 0.407 e. The number of nitrogens with zero attached hydrogens (tertiary/aromatic N) is 4. The van der Waals surface area contributed by atoms with E-state index in [2.05, 4.69) is 25.0 Å². The number of aromatic nitrogens is 3. The van der Waals surface area contributed by atoms with Crippen LogP contribution in [0.3, 0.4) is 0 Å². The van der Waals surface area contributed by atoms with Gasteiger partial charge in [0, 0.05) is 48.7 Å². The Balaban J connectivity index is 1.45. The van der Waals surface area contributed by atoms with E-state index >= 15 is 0 Å². The highest BCUT2D eigenvalue weighted by Crippen LogP contribution is 2.39. The number of ether oxygens (including phenoxy) is 1. The predicted molar refractivity (Wildman–Crippen MR) is 158 cm³/mol. The number of aryl methyl sites for hydroxylation is 1. The first-order chi connectivity index (χ1) is 21.0. The maximum atomic E-state index is 14.9. The van der Waals surface area contributed by atoms with Crippen LogP contribution in [-0.4, -0.2) is 70.8 Å². The van der Waals surface area contributed by atoms with Gasteiger partial charge in [0.25, 0.3) is 0 Å². The summed E-state index contributed by atoms with van der Waals surface area (Å²) in [6.45, 7) is 2.52. The van der Waals surface area contributed by atoms with Crippen LogP contribution in [0, 0.1) is 12.7 Å². The summed E-state index contributed by atoms with van der Waals surface area (Å²) in [6, 6.07) is 10.6. The standard InChI is InChI=1S/C29H29F3N6O5S/c1-17-6-7-19-20(8-9-22(30)25(19)37-44(41,42)15-11-24(31)32)26(17)43-27-21(5-2-12-33-27)23-10-13-34-28(36-23)35-18-4-3-14-38(16-18)29(39)40/h2,5-10,12-13,18,24,37H,3-4,11,14-16H2,1H3,(H,39,40)(H,34,35,36). The third-order valence-electron chi connectivity index (χ3n) is 7.09. The maximum absolute atomic E-state index is 14.9. The van der Waals surface area contributed by atoms with Gasteiger partial charge in [0.1, 0.15) is 11.6 Å². The van der Waals surface area contributed by atoms with Crippen LogP contribution in [0.15, 0.2) is 54.9 Å². The SMILES string of the molecule is Cc1ccc2c(NS(=O)(=O)CCC(F)F)c(F)ccc2c1Oc1ncccc1-c1ccnc(NC2CCCN(C(=O)O)C2)n1. The Morgan fingerprint density at radius 2 is 1.93 bits per heavy atom. The molecule has 1 unspecified atom stereocenters. The van der Waals surface area contributed by atoms with Crippen LogP contribution >= 0.6 is 0 Å². The summed E-state index contributed by atoms with van der Waals surface area (Å²) < 4.78 is 73.5. The van der Waals surface area contributed by atoms with Crippen LogP contribution in [0.2, 0.25) is 0 Å². The van der Waals surface area contributed by atoms with Gasteiger partial charge in [-0.1, -0.05) is 12.1 Å². The Morgan fingerprint density at radius 3 is 2.70 bits per heavy atom. The van der Waals surface area contributed by atoms with E-state index in [1.807, 2.05) is 0 Å². The van der Waals surface area contributed by atoms with E-state index in [0.29, 0.717) is 47.7 Å². The Labute approximate surface area is 251 Å². The highest BCUT2D eigenvalue weighted by Gasteiger charge is 2.24. The Kier molecular flexibility index (Phi) is 9.04. The first-order valence-corrected chi connectivity index (χ1v) is 15.4. The molecule has 0 radical (unpaired) electrons. The fraction of sp³-hybridized carbons (Fsp3) is 0.310. The van der Waals surface area contributed by atoms with Gasteiger partial charge in [0.2, 0.25) is 28.3 Å². The van der Waals surface area contributed by atoms with Crippen molar-refractivity contribution in [1.29, 1.82) is 0 Å². The Bertz CT molecular complexity index is 1790. The van der Waals surface area contributed by atoms with Gasteiger partial charge in [-0.25, -0.2) is 41.3 Å². The summed E-state index contributed by atoms with van der Waals surface area (Å²) >= 11 is 0. The number of piperidine rings is 1. The second-order valence-corrected chi connectivity index (χ2v) is 12.1. The molecule has 0 bridgehead atoms. The van der Waals surface area contributed by atoms with Gasteiger partial charge in [0.05, 0.1) is 22.7 Å². The summed E-state index contributed by atoms with van der Waals surface area (Å²) in [5.41, 5.74) is 1.23. The largest absolute Gasteiger partial charge is 0.465 e. The third kappa shape index (κ3) is 7.10. The zero-order chi connectivity index (χ0) is 31.4. The van der Waals surface area contributed by atoms with Crippen molar-refractivity contribution in [3.63, 3.8) is 0 Å². The molecule has 3 N–H and O–H groups in total. The first kappa shape index (κ1) is 30.8. The highest BCUT2D eigenvalue weighted by molar-refractivity contribution is 7.92. The smallest absolute Gasteiger partial charge is 0.407 e. The van der Waals surface area contributed by atoms with E-state index in [4.69, 9.17) is 4.74 Å². The molecule has 11 nitrogen and oxygen atoms in total. The van der Waals surface area contributed by atoms with Crippen LogP contribution in [0.5, 0.6) is 11.6 Å². The van der Waals surface area contributed by atoms with Crippen LogP contribution < -0.4 is 14.8 Å². The van der Waals surface area contributed by atoms with Gasteiger partial charge < -0.3 is 20.1 Å². The molecule has 15 heteroatoms. The van der Waals surface area contributed by atoms with E-state index in [1.54, 1.807) is 37.4 Å². The minimum Gasteiger partial charge on any atom is -0.465 e. The van der Waals surface area contributed by atoms with Crippen LogP contribution in [-0.2, 0) is 10.0 Å². The Morgan fingerprint density at radius 1 is 1.14 bits per heavy atom. The van der Waals surface area contributed by atoms with Crippen LogP contribution in [0.25, 0.3) is 22.0 Å². The van der Waals surface area contributed by atoms with Crippen molar-refractivity contribution >= 4 is 38.5 Å². The molecule has 0 aliphatic carbocycles. The lowest BCUT2D eigenvalue weighted by Crippen LogP contribution is -2.44. The van der Waals surface area contributed by atoms with Crippen molar-refractivity contribution in [3.05, 3.63) is 66.2 Å². The number of likely N-dealkylation sites (tertiary alicyclic amines) is 1. The number of fused-ring (bicyclic) bond motifs is 1. The number of anilines is 2. The molecule has 0 spiro atoms. The van der Waals surface area contributed by atoms with Crippen molar-refractivity contribution in [1.82, 2.24) is 19.9 Å². The minimum atomic E-state index is -4.27. The lowest BCUT2D eigenvalue weighted by atomic mass is 10.0. The van der Waals surface area contributed by atoms with Gasteiger partial charge in [-0.05, 0) is 55.7 Å². The third-order valence-corrected chi connectivity index (χ3v) is 8.37. The topological polar surface area (TPSA) is 147 Å². The molecule has 2 aromatic carbocycles. The number of halogens is 3. The molecular formula is C29H29F3N6O5S. The molecule has 1 aliphatic heterocycles. The van der Waals surface area contributed by atoms with E-state index in [0.717, 1.165) is 12.5 Å². The van der Waals surface area contributed by atoms with Crippen molar-refractivity contribution in [2.45, 2.75) is 38.7 Å². The Hall–Kier alpha value is -4.66. The van der Waals surface area contributed by atoms with Gasteiger partial charge in [0.15, 0.2) is 0 Å². The van der Waals surface area contributed by atoms with E-state index in [-0.39, 0.29) is 28.7 Å². The molecule has 2 aromatic heterocycles. The quantitative estimate of drug-likeness (QED) is 0.195. The number of hydrogen-bond acceptors (Lipinski definition) is 8. The van der Waals surface area contributed by atoms with Gasteiger partial charge in [-0.15, -0.1) is 0 Å². The first-order valence-electron chi connectivity index (χ1n) is 13.7. The van der Waals surface area contributed by atoms with Crippen molar-refractivity contribution < 1.29 is 36.2 Å².